The van der Waals surface area contributed by atoms with Gasteiger partial charge in [-0.05, 0) is 31.4 Å². The highest BCUT2D eigenvalue weighted by molar-refractivity contribution is 7.98. The van der Waals surface area contributed by atoms with E-state index in [-0.39, 0.29) is 0 Å². The van der Waals surface area contributed by atoms with E-state index in [9.17, 15) is 13.2 Å². The van der Waals surface area contributed by atoms with E-state index in [1.54, 1.807) is 11.8 Å². The Balaban J connectivity index is 3.28. The molecular weight excluding hydrogens is 215 g/mol. The molecule has 0 aliphatic rings. The Kier molecular flexibility index (Phi) is 7.40. The molecule has 0 aromatic carbocycles. The Morgan fingerprint density at radius 2 is 2.00 bits per heavy atom. The molecule has 0 saturated carbocycles. The van der Waals surface area contributed by atoms with Gasteiger partial charge in [-0.25, -0.2) is 0 Å². The molecule has 0 aromatic rings. The molecule has 14 heavy (non-hydrogen) atoms. The van der Waals surface area contributed by atoms with Crippen LogP contribution in [0.2, 0.25) is 0 Å². The van der Waals surface area contributed by atoms with Crippen LogP contribution < -0.4 is 5.32 Å². The predicted octanol–water partition coefficient (Wildman–Crippen LogP) is 1.64. The standard InChI is InChI=1S/C8H16F3NOS/c1-14-5-3-2-4-12-6-7(13)8(9,10)11/h7,12-13H,2-6H2,1H3. The van der Waals surface area contributed by atoms with Crippen molar-refractivity contribution in [3.63, 3.8) is 0 Å². The third kappa shape index (κ3) is 7.46. The summed E-state index contributed by atoms with van der Waals surface area (Å²) < 4.78 is 35.4. The number of rotatable bonds is 7. The maximum absolute atomic E-state index is 11.8. The Morgan fingerprint density at radius 3 is 2.50 bits per heavy atom. The zero-order valence-electron chi connectivity index (χ0n) is 8.10. The number of unbranched alkanes of at least 4 members (excludes halogenated alkanes) is 1. The maximum atomic E-state index is 11.8. The number of aliphatic hydroxyl groups is 1. The first-order chi connectivity index (χ1) is 6.48. The van der Waals surface area contributed by atoms with Gasteiger partial charge in [0.1, 0.15) is 0 Å². The van der Waals surface area contributed by atoms with Crippen LogP contribution in [0.3, 0.4) is 0 Å². The summed E-state index contributed by atoms with van der Waals surface area (Å²) in [5.41, 5.74) is 0. The van der Waals surface area contributed by atoms with Crippen LogP contribution in [-0.2, 0) is 0 Å². The van der Waals surface area contributed by atoms with Gasteiger partial charge in [0.15, 0.2) is 6.10 Å². The molecule has 86 valence electrons. The number of thioether (sulfide) groups is 1. The highest BCUT2D eigenvalue weighted by Crippen LogP contribution is 2.19. The van der Waals surface area contributed by atoms with Crippen LogP contribution in [0.4, 0.5) is 13.2 Å². The molecule has 0 aliphatic heterocycles. The Hall–Kier alpha value is 0.0600. The summed E-state index contributed by atoms with van der Waals surface area (Å²) in [4.78, 5) is 0. The molecule has 0 rings (SSSR count). The minimum absolute atomic E-state index is 0.414. The van der Waals surface area contributed by atoms with E-state index in [1.165, 1.54) is 0 Å². The van der Waals surface area contributed by atoms with Crippen LogP contribution in [-0.4, -0.2) is 42.5 Å². The molecule has 2 N–H and O–H groups in total. The van der Waals surface area contributed by atoms with Crippen LogP contribution in [0.25, 0.3) is 0 Å². The number of alkyl halides is 3. The molecule has 0 saturated heterocycles. The highest BCUT2D eigenvalue weighted by atomic mass is 32.2. The Labute approximate surface area is 86.3 Å². The largest absolute Gasteiger partial charge is 0.415 e. The molecule has 0 heterocycles. The van der Waals surface area contributed by atoms with E-state index in [4.69, 9.17) is 5.11 Å². The second-order valence-electron chi connectivity index (χ2n) is 2.96. The van der Waals surface area contributed by atoms with Gasteiger partial charge in [0.2, 0.25) is 0 Å². The number of aliphatic hydroxyl groups excluding tert-OH is 1. The third-order valence-corrected chi connectivity index (χ3v) is 2.36. The first-order valence-corrected chi connectivity index (χ1v) is 5.82. The quantitative estimate of drug-likeness (QED) is 0.653. The SMILES string of the molecule is CSCCCCNCC(O)C(F)(F)F. The number of halogens is 3. The lowest BCUT2D eigenvalue weighted by Crippen LogP contribution is -2.38. The third-order valence-electron chi connectivity index (χ3n) is 1.67. The van der Waals surface area contributed by atoms with Crippen LogP contribution in [0.1, 0.15) is 12.8 Å². The number of nitrogens with one attached hydrogen (secondary N) is 1. The van der Waals surface area contributed by atoms with Crippen LogP contribution >= 0.6 is 11.8 Å². The van der Waals surface area contributed by atoms with E-state index in [2.05, 4.69) is 5.32 Å². The summed E-state index contributed by atoms with van der Waals surface area (Å²) in [6.45, 7) is 0.108. The molecule has 0 amide bonds. The van der Waals surface area contributed by atoms with E-state index in [0.717, 1.165) is 18.6 Å². The Morgan fingerprint density at radius 1 is 1.36 bits per heavy atom. The smallest absolute Gasteiger partial charge is 0.382 e. The van der Waals surface area contributed by atoms with Crippen molar-refractivity contribution >= 4 is 11.8 Å². The first-order valence-electron chi connectivity index (χ1n) is 4.43. The number of hydrogen-bond donors (Lipinski definition) is 2. The summed E-state index contributed by atoms with van der Waals surface area (Å²) in [6.07, 6.45) is -2.95. The van der Waals surface area contributed by atoms with E-state index in [1.807, 2.05) is 6.26 Å². The minimum atomic E-state index is -4.51. The summed E-state index contributed by atoms with van der Waals surface area (Å²) in [5.74, 6) is 1.02. The highest BCUT2D eigenvalue weighted by Gasteiger charge is 2.37. The molecule has 0 aliphatic carbocycles. The maximum Gasteiger partial charge on any atom is 0.415 e. The molecule has 0 aromatic heterocycles. The molecule has 0 fully saturated rings. The second kappa shape index (κ2) is 7.36. The van der Waals surface area contributed by atoms with Gasteiger partial charge >= 0.3 is 6.18 Å². The van der Waals surface area contributed by atoms with Crippen LogP contribution in [0, 0.1) is 0 Å². The normalized spacial score (nSPS) is 14.4. The average Bonchev–Trinajstić information content (AvgIpc) is 2.09. The average molecular weight is 231 g/mol. The fraction of sp³-hybridized carbons (Fsp3) is 1.00. The van der Waals surface area contributed by atoms with Crippen molar-refractivity contribution in [2.75, 3.05) is 25.1 Å². The van der Waals surface area contributed by atoms with Crippen LogP contribution in [0.5, 0.6) is 0 Å². The van der Waals surface area contributed by atoms with Gasteiger partial charge in [-0.3, -0.25) is 0 Å². The monoisotopic (exact) mass is 231 g/mol. The van der Waals surface area contributed by atoms with Crippen molar-refractivity contribution < 1.29 is 18.3 Å². The molecule has 0 spiro atoms. The van der Waals surface area contributed by atoms with Gasteiger partial charge in [-0.15, -0.1) is 0 Å². The van der Waals surface area contributed by atoms with E-state index >= 15 is 0 Å². The van der Waals surface area contributed by atoms with Crippen molar-refractivity contribution in [1.29, 1.82) is 0 Å². The summed E-state index contributed by atoms with van der Waals surface area (Å²) in [5, 5.41) is 11.2. The fourth-order valence-corrected chi connectivity index (χ4v) is 1.34. The zero-order valence-corrected chi connectivity index (χ0v) is 8.92. The molecule has 0 bridgehead atoms. The van der Waals surface area contributed by atoms with Gasteiger partial charge in [0.05, 0.1) is 0 Å². The fourth-order valence-electron chi connectivity index (χ4n) is 0.851. The number of hydrogen-bond acceptors (Lipinski definition) is 3. The van der Waals surface area contributed by atoms with Gasteiger partial charge in [-0.2, -0.15) is 24.9 Å². The predicted molar refractivity (Wildman–Crippen MR) is 52.5 cm³/mol. The van der Waals surface area contributed by atoms with E-state index in [0.29, 0.717) is 6.54 Å². The van der Waals surface area contributed by atoms with Gasteiger partial charge in [0, 0.05) is 6.54 Å². The van der Waals surface area contributed by atoms with E-state index < -0.39 is 18.8 Å². The molecule has 1 unspecified atom stereocenters. The van der Waals surface area contributed by atoms with Crippen molar-refractivity contribution in [2.24, 2.45) is 0 Å². The Bertz CT molecular complexity index is 143. The van der Waals surface area contributed by atoms with Gasteiger partial charge < -0.3 is 10.4 Å². The zero-order chi connectivity index (χ0) is 11.0. The molecular formula is C8H16F3NOS. The van der Waals surface area contributed by atoms with Crippen molar-refractivity contribution in [2.45, 2.75) is 25.1 Å². The molecule has 1 atom stereocenters. The molecule has 0 radical (unpaired) electrons. The van der Waals surface area contributed by atoms with Gasteiger partial charge in [0.25, 0.3) is 0 Å². The summed E-state index contributed by atoms with van der Waals surface area (Å²) in [6, 6.07) is 0. The first kappa shape index (κ1) is 14.1. The minimum Gasteiger partial charge on any atom is -0.382 e. The lowest BCUT2D eigenvalue weighted by atomic mass is 10.3. The van der Waals surface area contributed by atoms with Gasteiger partial charge in [-0.1, -0.05) is 0 Å². The van der Waals surface area contributed by atoms with Crippen LogP contribution in [0.15, 0.2) is 0 Å². The topological polar surface area (TPSA) is 32.3 Å². The summed E-state index contributed by atoms with van der Waals surface area (Å²) in [7, 11) is 0. The second-order valence-corrected chi connectivity index (χ2v) is 3.95. The van der Waals surface area contributed by atoms with Crippen molar-refractivity contribution in [1.82, 2.24) is 5.32 Å². The van der Waals surface area contributed by atoms with Crippen molar-refractivity contribution in [3.8, 4) is 0 Å². The van der Waals surface area contributed by atoms with Crippen molar-refractivity contribution in [3.05, 3.63) is 0 Å². The lowest BCUT2D eigenvalue weighted by molar-refractivity contribution is -0.201. The summed E-state index contributed by atoms with van der Waals surface area (Å²) >= 11 is 1.71. The molecule has 2 nitrogen and oxygen atoms in total. The lowest BCUT2D eigenvalue weighted by Gasteiger charge is -2.14. The molecule has 6 heteroatoms.